The molecule has 0 saturated carbocycles. The Bertz CT molecular complexity index is 1090. The Kier molecular flexibility index (Phi) is 9.29. The number of methoxy groups -OCH3 is 1. The molecule has 0 saturated heterocycles. The van der Waals surface area contributed by atoms with E-state index in [-0.39, 0.29) is 37.7 Å². The summed E-state index contributed by atoms with van der Waals surface area (Å²) in [5.74, 6) is 0.756. The molecule has 3 aromatic carbocycles. The molecule has 0 unspecified atom stereocenters. The minimum Gasteiger partial charge on any atom is -0.522 e. The number of carbonyl (C=O) groups is 1. The van der Waals surface area contributed by atoms with Crippen LogP contribution in [-0.4, -0.2) is 29.4 Å². The third-order valence-corrected chi connectivity index (χ3v) is 4.37. The second kappa shape index (κ2) is 11.7. The van der Waals surface area contributed by atoms with Gasteiger partial charge in [-0.25, -0.2) is 0 Å². The summed E-state index contributed by atoms with van der Waals surface area (Å²) in [4.78, 5) is 11.2. The number of hydrogen-bond acceptors (Lipinski definition) is 3. The third kappa shape index (κ3) is 5.81. The monoisotopic (exact) mass is 627 g/mol. The van der Waals surface area contributed by atoms with Gasteiger partial charge < -0.3 is 26.1 Å². The van der Waals surface area contributed by atoms with Crippen molar-refractivity contribution in [1.29, 1.82) is 0 Å². The molecule has 1 heterocycles. The van der Waals surface area contributed by atoms with Crippen molar-refractivity contribution in [3.05, 3.63) is 79.7 Å². The number of fused-ring (bicyclic) bond motifs is 3. The van der Waals surface area contributed by atoms with Crippen molar-refractivity contribution in [3.8, 4) is 11.5 Å². The van der Waals surface area contributed by atoms with Crippen LogP contribution in [0.25, 0.3) is 21.8 Å². The van der Waals surface area contributed by atoms with Gasteiger partial charge in [-0.05, 0) is 18.2 Å². The first-order chi connectivity index (χ1) is 14.1. The maximum absolute atomic E-state index is 11.2. The molecule has 6 heteroatoms. The summed E-state index contributed by atoms with van der Waals surface area (Å²) in [7, 11) is 1.65. The number of hydrogen-bond donors (Lipinski definition) is 1. The van der Waals surface area contributed by atoms with Crippen molar-refractivity contribution in [2.24, 2.45) is 0 Å². The van der Waals surface area contributed by atoms with E-state index < -0.39 is 5.97 Å². The summed E-state index contributed by atoms with van der Waals surface area (Å²) in [5.41, 5.74) is 1.80. The van der Waals surface area contributed by atoms with Gasteiger partial charge in [-0.15, -0.1) is 18.6 Å². The van der Waals surface area contributed by atoms with E-state index in [0.717, 1.165) is 33.3 Å². The molecule has 30 heavy (non-hydrogen) atoms. The first kappa shape index (κ1) is 23.9. The molecule has 0 aliphatic carbocycles. The Morgan fingerprint density at radius 1 is 1.03 bits per heavy atom. The zero-order valence-electron chi connectivity index (χ0n) is 16.8. The number of para-hydroxylation sites is 1. The van der Waals surface area contributed by atoms with Gasteiger partial charge in [-0.3, -0.25) is 4.79 Å². The summed E-state index contributed by atoms with van der Waals surface area (Å²) in [6.07, 6.45) is 0.691. The zero-order chi connectivity index (χ0) is 20.6. The van der Waals surface area contributed by atoms with Crippen molar-refractivity contribution in [2.75, 3.05) is 13.7 Å². The molecule has 5 nitrogen and oxygen atoms in total. The van der Waals surface area contributed by atoms with Crippen LogP contribution in [0, 0.1) is 44.1 Å². The molecule has 0 atom stereocenters. The van der Waals surface area contributed by atoms with E-state index in [1.165, 1.54) is 0 Å². The molecular formula is C24H23NO4U. The Balaban J connectivity index is 0.000000302. The van der Waals surface area contributed by atoms with Crippen LogP contribution >= 0.6 is 0 Å². The Morgan fingerprint density at radius 3 is 2.37 bits per heavy atom. The number of carboxylic acid groups (broad SMARTS) is 1. The molecule has 0 aliphatic heterocycles. The number of rotatable bonds is 6. The first-order valence-corrected chi connectivity index (χ1v) is 9.29. The number of ether oxygens (including phenoxy) is 2. The number of nitrogens with zero attached hydrogens (tertiary/aromatic N) is 1. The SMILES string of the molecule is COc1cc[c-]cc1.[CH2-]CCOc1ccc2c3ccccc3n(CC(=O)O)c2c1.[U+2]. The Hall–Kier alpha value is -2.42. The van der Waals surface area contributed by atoms with Gasteiger partial charge in [-0.1, -0.05) is 18.2 Å². The predicted molar refractivity (Wildman–Crippen MR) is 114 cm³/mol. The molecule has 0 amide bonds. The molecule has 4 aromatic rings. The van der Waals surface area contributed by atoms with Crippen molar-refractivity contribution in [3.63, 3.8) is 0 Å². The Labute approximate surface area is 200 Å². The van der Waals surface area contributed by atoms with Crippen LogP contribution in [-0.2, 0) is 11.3 Å². The van der Waals surface area contributed by atoms with Crippen LogP contribution in [0.1, 0.15) is 6.42 Å². The Morgan fingerprint density at radius 2 is 1.73 bits per heavy atom. The minimum atomic E-state index is -0.860. The van der Waals surface area contributed by atoms with Crippen LogP contribution < -0.4 is 9.47 Å². The molecule has 1 N–H and O–H groups in total. The quantitative estimate of drug-likeness (QED) is 0.307. The summed E-state index contributed by atoms with van der Waals surface area (Å²) in [6, 6.07) is 23.9. The van der Waals surface area contributed by atoms with Crippen LogP contribution in [0.2, 0.25) is 0 Å². The molecule has 4 rings (SSSR count). The number of benzene rings is 3. The van der Waals surface area contributed by atoms with Gasteiger partial charge in [0.05, 0.1) is 19.2 Å². The van der Waals surface area contributed by atoms with Crippen LogP contribution in [0.5, 0.6) is 11.5 Å². The second-order valence-corrected chi connectivity index (χ2v) is 6.32. The van der Waals surface area contributed by atoms with Gasteiger partial charge >= 0.3 is 37.1 Å². The second-order valence-electron chi connectivity index (χ2n) is 6.32. The molecule has 0 spiro atoms. The molecule has 152 valence electrons. The van der Waals surface area contributed by atoms with Gasteiger partial charge in [0, 0.05) is 28.1 Å². The van der Waals surface area contributed by atoms with Crippen LogP contribution in [0.4, 0.5) is 0 Å². The van der Waals surface area contributed by atoms with E-state index in [0.29, 0.717) is 13.0 Å². The number of aliphatic carboxylic acids is 1. The van der Waals surface area contributed by atoms with Crippen molar-refractivity contribution in [1.82, 2.24) is 4.57 Å². The number of carboxylic acids is 1. The molecule has 0 aliphatic rings. The number of aromatic nitrogens is 1. The standard InChI is InChI=1S/C17H16NO3.C7H7O.U/c1-2-9-21-12-7-8-14-13-5-3-4-6-15(13)18(11-17(19)20)16(14)10-12;1-8-7-5-3-2-4-6-7;/h3-8,10H,1-2,9,11H2,(H,19,20);3-6H,1H3;/q2*-1;+2. The van der Waals surface area contributed by atoms with Crippen molar-refractivity contribution in [2.45, 2.75) is 13.0 Å². The van der Waals surface area contributed by atoms with Gasteiger partial charge in [0.15, 0.2) is 0 Å². The minimum absolute atomic E-state index is 0. The van der Waals surface area contributed by atoms with E-state index in [4.69, 9.17) is 14.6 Å². The fourth-order valence-electron chi connectivity index (χ4n) is 3.12. The van der Waals surface area contributed by atoms with Crippen LogP contribution in [0.3, 0.4) is 0 Å². The van der Waals surface area contributed by atoms with Crippen LogP contribution in [0.15, 0.2) is 66.7 Å². The van der Waals surface area contributed by atoms with Gasteiger partial charge in [0.1, 0.15) is 12.3 Å². The maximum atomic E-state index is 11.2. The first-order valence-electron chi connectivity index (χ1n) is 9.29. The summed E-state index contributed by atoms with van der Waals surface area (Å²) in [6.45, 7) is 4.23. The average Bonchev–Trinajstić information content (AvgIpc) is 3.06. The topological polar surface area (TPSA) is 60.7 Å². The predicted octanol–water partition coefficient (Wildman–Crippen LogP) is 4.98. The third-order valence-electron chi connectivity index (χ3n) is 4.37. The van der Waals surface area contributed by atoms with E-state index in [1.54, 1.807) is 7.11 Å². The van der Waals surface area contributed by atoms with Crippen molar-refractivity contribution < 1.29 is 50.5 Å². The van der Waals surface area contributed by atoms with E-state index >= 15 is 0 Å². The van der Waals surface area contributed by atoms with Gasteiger partial charge in [0.25, 0.3) is 0 Å². The normalized spacial score (nSPS) is 10.1. The summed E-state index contributed by atoms with van der Waals surface area (Å²) < 4.78 is 12.3. The molecule has 0 bridgehead atoms. The fraction of sp³-hybridized carbons (Fsp3) is 0.167. The van der Waals surface area contributed by atoms with E-state index in [2.05, 4.69) is 13.0 Å². The largest absolute Gasteiger partial charge is 2.00 e. The zero-order valence-corrected chi connectivity index (χ0v) is 21.0. The maximum Gasteiger partial charge on any atom is 2.00 e. The molecule has 0 fully saturated rings. The molecular weight excluding hydrogens is 604 g/mol. The molecule has 1 aromatic heterocycles. The van der Waals surface area contributed by atoms with E-state index in [1.807, 2.05) is 71.3 Å². The summed E-state index contributed by atoms with van der Waals surface area (Å²) >= 11 is 0. The molecule has 0 radical (unpaired) electrons. The smallest absolute Gasteiger partial charge is 0.522 e. The van der Waals surface area contributed by atoms with Gasteiger partial charge in [0.2, 0.25) is 0 Å². The van der Waals surface area contributed by atoms with Gasteiger partial charge in [-0.2, -0.15) is 18.2 Å². The average molecular weight is 627 g/mol. The van der Waals surface area contributed by atoms with E-state index in [9.17, 15) is 4.79 Å². The fourth-order valence-corrected chi connectivity index (χ4v) is 3.12. The van der Waals surface area contributed by atoms with Crippen molar-refractivity contribution >= 4 is 27.8 Å². The summed E-state index contributed by atoms with van der Waals surface area (Å²) in [5, 5.41) is 11.2.